The minimum atomic E-state index is -3.48. The Morgan fingerprint density at radius 2 is 1.55 bits per heavy atom. The molecule has 0 unspecified atom stereocenters. The third kappa shape index (κ3) is 3.84. The van der Waals surface area contributed by atoms with Gasteiger partial charge in [0.1, 0.15) is 5.75 Å². The Morgan fingerprint density at radius 1 is 0.931 bits per heavy atom. The maximum absolute atomic E-state index is 12.9. The second-order valence-corrected chi connectivity index (χ2v) is 9.89. The van der Waals surface area contributed by atoms with Crippen molar-refractivity contribution < 1.29 is 18.3 Å². The molecule has 0 aliphatic carbocycles. The van der Waals surface area contributed by atoms with Crippen molar-refractivity contribution in [2.75, 3.05) is 39.3 Å². The molecule has 2 aromatic carbocycles. The van der Waals surface area contributed by atoms with Crippen LogP contribution >= 0.6 is 0 Å². The van der Waals surface area contributed by atoms with E-state index in [-0.39, 0.29) is 30.3 Å². The monoisotopic (exact) mass is 417 g/mol. The topological polar surface area (TPSA) is 81.2 Å². The normalized spacial score (nSPS) is 20.2. The molecule has 2 aliphatic rings. The number of aromatic hydroxyl groups is 1. The summed E-state index contributed by atoms with van der Waals surface area (Å²) in [5, 5.41) is 12.1. The fourth-order valence-corrected chi connectivity index (χ4v) is 5.72. The fraction of sp³-hybridized carbons (Fsp3) is 0.476. The van der Waals surface area contributed by atoms with Gasteiger partial charge in [0.2, 0.25) is 0 Å². The summed E-state index contributed by atoms with van der Waals surface area (Å²) in [6.45, 7) is 4.45. The molecular formula is C21H27N3O4S. The third-order valence-electron chi connectivity index (χ3n) is 6.05. The quantitative estimate of drug-likeness (QED) is 0.831. The van der Waals surface area contributed by atoms with E-state index in [9.17, 15) is 18.3 Å². The van der Waals surface area contributed by atoms with Gasteiger partial charge < -0.3 is 10.0 Å². The fourth-order valence-electron chi connectivity index (χ4n) is 4.10. The first-order chi connectivity index (χ1) is 13.9. The van der Waals surface area contributed by atoms with Crippen molar-refractivity contribution in [3.05, 3.63) is 42.0 Å². The van der Waals surface area contributed by atoms with Crippen LogP contribution in [0.3, 0.4) is 0 Å². The summed E-state index contributed by atoms with van der Waals surface area (Å²) in [4.78, 5) is 14.6. The van der Waals surface area contributed by atoms with Crippen molar-refractivity contribution in [2.45, 2.75) is 19.8 Å². The number of phenols is 1. The summed E-state index contributed by atoms with van der Waals surface area (Å²) in [5.41, 5.74) is 0.255. The number of hydrogen-bond donors (Lipinski definition) is 1. The predicted octanol–water partition coefficient (Wildman–Crippen LogP) is 2.28. The largest absolute Gasteiger partial charge is 0.506 e. The first-order valence-corrected chi connectivity index (χ1v) is 11.5. The molecule has 0 radical (unpaired) electrons. The molecule has 4 rings (SSSR count). The molecule has 0 aromatic heterocycles. The molecule has 2 aromatic rings. The molecule has 1 N–H and O–H groups in total. The highest BCUT2D eigenvalue weighted by molar-refractivity contribution is 7.86. The van der Waals surface area contributed by atoms with Gasteiger partial charge in [-0.1, -0.05) is 37.3 Å². The van der Waals surface area contributed by atoms with E-state index in [2.05, 4.69) is 6.92 Å². The average molecular weight is 418 g/mol. The predicted molar refractivity (Wildman–Crippen MR) is 112 cm³/mol. The van der Waals surface area contributed by atoms with Crippen LogP contribution in [-0.2, 0) is 10.2 Å². The van der Waals surface area contributed by atoms with E-state index in [1.165, 1.54) is 4.31 Å². The minimum absolute atomic E-state index is 0.0226. The van der Waals surface area contributed by atoms with Crippen LogP contribution in [0.25, 0.3) is 10.8 Å². The molecule has 2 heterocycles. The maximum atomic E-state index is 12.9. The SMILES string of the molecule is CC1CCN(S(=O)(=O)N2CCN(C(=O)c3ccc4ccccc4c3O)CC2)CC1. The number of hydrogen-bond acceptors (Lipinski definition) is 4. The van der Waals surface area contributed by atoms with Crippen LogP contribution in [0.5, 0.6) is 5.75 Å². The average Bonchev–Trinajstić information content (AvgIpc) is 2.74. The Hall–Kier alpha value is -2.16. The molecule has 0 bridgehead atoms. The highest BCUT2D eigenvalue weighted by atomic mass is 32.2. The number of rotatable bonds is 3. The van der Waals surface area contributed by atoms with Crippen molar-refractivity contribution in [1.29, 1.82) is 0 Å². The minimum Gasteiger partial charge on any atom is -0.506 e. The van der Waals surface area contributed by atoms with Crippen molar-refractivity contribution in [1.82, 2.24) is 13.5 Å². The summed E-state index contributed by atoms with van der Waals surface area (Å²) in [6.07, 6.45) is 1.78. The standard InChI is InChI=1S/C21H27N3O4S/c1-16-8-10-23(11-9-16)29(27,28)24-14-12-22(13-15-24)21(26)19-7-6-17-4-2-3-5-18(17)20(19)25/h2-7,16,25H,8-15H2,1H3. The summed E-state index contributed by atoms with van der Waals surface area (Å²) in [6, 6.07) is 10.8. The number of piperazine rings is 1. The van der Waals surface area contributed by atoms with Crippen LogP contribution in [0.1, 0.15) is 30.1 Å². The molecule has 0 atom stereocenters. The van der Waals surface area contributed by atoms with E-state index >= 15 is 0 Å². The van der Waals surface area contributed by atoms with Gasteiger partial charge in [-0.2, -0.15) is 17.0 Å². The van der Waals surface area contributed by atoms with E-state index in [1.807, 2.05) is 24.3 Å². The van der Waals surface area contributed by atoms with Gasteiger partial charge in [0.25, 0.3) is 16.1 Å². The Kier molecular flexibility index (Phi) is 5.50. The number of benzene rings is 2. The van der Waals surface area contributed by atoms with Gasteiger partial charge in [0, 0.05) is 44.7 Å². The number of amides is 1. The van der Waals surface area contributed by atoms with Gasteiger partial charge in [-0.05, 0) is 30.2 Å². The number of phenolic OH excluding ortho intramolecular Hbond substituents is 1. The molecule has 0 saturated carbocycles. The highest BCUT2D eigenvalue weighted by Gasteiger charge is 2.35. The van der Waals surface area contributed by atoms with Gasteiger partial charge in [0.15, 0.2) is 0 Å². The van der Waals surface area contributed by atoms with E-state index in [4.69, 9.17) is 0 Å². The van der Waals surface area contributed by atoms with E-state index < -0.39 is 10.2 Å². The molecule has 0 spiro atoms. The third-order valence-corrected chi connectivity index (χ3v) is 8.09. The summed E-state index contributed by atoms with van der Waals surface area (Å²) < 4.78 is 28.9. The van der Waals surface area contributed by atoms with Gasteiger partial charge in [-0.15, -0.1) is 0 Å². The van der Waals surface area contributed by atoms with E-state index in [1.54, 1.807) is 21.3 Å². The Morgan fingerprint density at radius 3 is 2.24 bits per heavy atom. The molecule has 156 valence electrons. The molecule has 7 nitrogen and oxygen atoms in total. The lowest BCUT2D eigenvalue weighted by Crippen LogP contribution is -2.55. The number of carbonyl (C=O) groups is 1. The van der Waals surface area contributed by atoms with Crippen molar-refractivity contribution in [3.8, 4) is 5.75 Å². The lowest BCUT2D eigenvalue weighted by molar-refractivity contribution is 0.0690. The number of piperidine rings is 1. The molecular weight excluding hydrogens is 390 g/mol. The lowest BCUT2D eigenvalue weighted by atomic mass is 10.0. The first kappa shape index (κ1) is 20.1. The number of nitrogens with zero attached hydrogens (tertiary/aromatic N) is 3. The lowest BCUT2D eigenvalue weighted by Gasteiger charge is -2.38. The van der Waals surface area contributed by atoms with Crippen LogP contribution in [0, 0.1) is 5.92 Å². The van der Waals surface area contributed by atoms with E-state index in [0.717, 1.165) is 18.2 Å². The van der Waals surface area contributed by atoms with Crippen LogP contribution < -0.4 is 0 Å². The molecule has 2 fully saturated rings. The van der Waals surface area contributed by atoms with Gasteiger partial charge in [-0.25, -0.2) is 0 Å². The second kappa shape index (κ2) is 7.93. The Bertz CT molecular complexity index is 1010. The second-order valence-electron chi connectivity index (χ2n) is 7.96. The van der Waals surface area contributed by atoms with Gasteiger partial charge in [0.05, 0.1) is 5.56 Å². The highest BCUT2D eigenvalue weighted by Crippen LogP contribution is 2.30. The number of fused-ring (bicyclic) bond motifs is 1. The van der Waals surface area contributed by atoms with E-state index in [0.29, 0.717) is 37.5 Å². The summed E-state index contributed by atoms with van der Waals surface area (Å²) >= 11 is 0. The Labute approximate surface area is 171 Å². The number of carbonyl (C=O) groups excluding carboxylic acids is 1. The maximum Gasteiger partial charge on any atom is 0.282 e. The zero-order valence-electron chi connectivity index (χ0n) is 16.6. The molecule has 8 heteroatoms. The van der Waals surface area contributed by atoms with Gasteiger partial charge in [-0.3, -0.25) is 4.79 Å². The molecule has 2 saturated heterocycles. The molecule has 1 amide bonds. The first-order valence-electron chi connectivity index (χ1n) is 10.1. The zero-order valence-corrected chi connectivity index (χ0v) is 17.4. The van der Waals surface area contributed by atoms with Gasteiger partial charge >= 0.3 is 0 Å². The summed E-state index contributed by atoms with van der Waals surface area (Å²) in [7, 11) is -3.48. The smallest absolute Gasteiger partial charge is 0.282 e. The van der Waals surface area contributed by atoms with Crippen LogP contribution in [-0.4, -0.2) is 72.2 Å². The summed E-state index contributed by atoms with van der Waals surface area (Å²) in [5.74, 6) is 0.272. The molecule has 29 heavy (non-hydrogen) atoms. The van der Waals surface area contributed by atoms with Crippen LogP contribution in [0.15, 0.2) is 36.4 Å². The molecule has 2 aliphatic heterocycles. The van der Waals surface area contributed by atoms with Crippen LogP contribution in [0.4, 0.5) is 0 Å². The zero-order chi connectivity index (χ0) is 20.6. The van der Waals surface area contributed by atoms with Crippen molar-refractivity contribution >= 4 is 26.9 Å². The Balaban J connectivity index is 1.44. The van der Waals surface area contributed by atoms with Crippen LogP contribution in [0.2, 0.25) is 0 Å². The van der Waals surface area contributed by atoms with Crippen molar-refractivity contribution in [2.24, 2.45) is 5.92 Å². The van der Waals surface area contributed by atoms with Crippen molar-refractivity contribution in [3.63, 3.8) is 0 Å².